The van der Waals surface area contributed by atoms with Crippen LogP contribution in [0.5, 0.6) is 5.75 Å². The molecule has 4 nitrogen and oxygen atoms in total. The molecule has 0 N–H and O–H groups in total. The van der Waals surface area contributed by atoms with Gasteiger partial charge in [-0.1, -0.05) is 27.3 Å². The van der Waals surface area contributed by atoms with Crippen LogP contribution in [0.2, 0.25) is 0 Å². The Balaban J connectivity index is 1.91. The Labute approximate surface area is 129 Å². The van der Waals surface area contributed by atoms with Crippen LogP contribution in [0.25, 0.3) is 10.2 Å². The SMILES string of the molecule is CCOc1ccc2nc(N3CC(CBr)CC3=O)sc2c1. The van der Waals surface area contributed by atoms with Crippen LogP contribution < -0.4 is 9.64 Å². The first-order valence-corrected chi connectivity index (χ1v) is 8.54. The molecule has 1 aromatic heterocycles. The van der Waals surface area contributed by atoms with E-state index in [-0.39, 0.29) is 5.91 Å². The van der Waals surface area contributed by atoms with E-state index in [9.17, 15) is 4.79 Å². The molecule has 1 atom stereocenters. The van der Waals surface area contributed by atoms with Crippen molar-refractivity contribution in [2.75, 3.05) is 23.4 Å². The van der Waals surface area contributed by atoms with Gasteiger partial charge in [0, 0.05) is 18.3 Å². The molecular weight excluding hydrogens is 340 g/mol. The second-order valence-corrected chi connectivity index (χ2v) is 6.44. The Morgan fingerprint density at radius 1 is 1.55 bits per heavy atom. The zero-order chi connectivity index (χ0) is 14.1. The Morgan fingerprint density at radius 3 is 3.10 bits per heavy atom. The fraction of sp³-hybridized carbons (Fsp3) is 0.429. The summed E-state index contributed by atoms with van der Waals surface area (Å²) in [5.74, 6) is 1.40. The number of thiazole rings is 1. The number of hydrogen-bond acceptors (Lipinski definition) is 4. The maximum absolute atomic E-state index is 12.0. The third-order valence-corrected chi connectivity index (χ3v) is 5.27. The van der Waals surface area contributed by atoms with Gasteiger partial charge in [-0.25, -0.2) is 4.98 Å². The number of amides is 1. The predicted octanol–water partition coefficient (Wildman–Crippen LogP) is 3.44. The summed E-state index contributed by atoms with van der Waals surface area (Å²) in [7, 11) is 0. The van der Waals surface area contributed by atoms with Gasteiger partial charge in [0.2, 0.25) is 5.91 Å². The van der Waals surface area contributed by atoms with Crippen molar-refractivity contribution in [3.63, 3.8) is 0 Å². The topological polar surface area (TPSA) is 42.4 Å². The number of carbonyl (C=O) groups excluding carboxylic acids is 1. The van der Waals surface area contributed by atoms with E-state index in [0.717, 1.165) is 33.0 Å². The second-order valence-electron chi connectivity index (χ2n) is 4.79. The van der Waals surface area contributed by atoms with Gasteiger partial charge in [0.05, 0.1) is 16.8 Å². The number of carbonyl (C=O) groups is 1. The van der Waals surface area contributed by atoms with Crippen molar-refractivity contribution in [1.29, 1.82) is 0 Å². The van der Waals surface area contributed by atoms with Crippen LogP contribution in [-0.2, 0) is 4.79 Å². The van der Waals surface area contributed by atoms with Crippen LogP contribution >= 0.6 is 27.3 Å². The van der Waals surface area contributed by atoms with Crippen LogP contribution in [0.4, 0.5) is 5.13 Å². The van der Waals surface area contributed by atoms with E-state index in [1.165, 1.54) is 0 Å². The molecule has 1 unspecified atom stereocenters. The Hall–Kier alpha value is -1.14. The van der Waals surface area contributed by atoms with Crippen molar-refractivity contribution in [2.45, 2.75) is 13.3 Å². The standard InChI is InChI=1S/C14H15BrN2O2S/c1-2-19-10-3-4-11-12(6-10)20-14(16-11)17-8-9(7-15)5-13(17)18/h3-4,6,9H,2,5,7-8H2,1H3. The van der Waals surface area contributed by atoms with Gasteiger partial charge < -0.3 is 4.74 Å². The van der Waals surface area contributed by atoms with Crippen LogP contribution in [0.15, 0.2) is 18.2 Å². The fourth-order valence-electron chi connectivity index (χ4n) is 2.33. The lowest BCUT2D eigenvalue weighted by molar-refractivity contribution is -0.117. The largest absolute Gasteiger partial charge is 0.494 e. The molecule has 20 heavy (non-hydrogen) atoms. The number of ether oxygens (including phenoxy) is 1. The number of aromatic nitrogens is 1. The average molecular weight is 355 g/mol. The minimum absolute atomic E-state index is 0.165. The van der Waals surface area contributed by atoms with E-state index < -0.39 is 0 Å². The lowest BCUT2D eigenvalue weighted by atomic mass is 10.2. The highest BCUT2D eigenvalue weighted by molar-refractivity contribution is 9.09. The lowest BCUT2D eigenvalue weighted by Crippen LogP contribution is -2.24. The highest BCUT2D eigenvalue weighted by Crippen LogP contribution is 2.34. The first-order chi connectivity index (χ1) is 9.71. The van der Waals surface area contributed by atoms with Gasteiger partial charge in [0.15, 0.2) is 5.13 Å². The smallest absolute Gasteiger partial charge is 0.229 e. The van der Waals surface area contributed by atoms with E-state index >= 15 is 0 Å². The van der Waals surface area contributed by atoms with E-state index in [4.69, 9.17) is 4.74 Å². The molecule has 0 bridgehead atoms. The summed E-state index contributed by atoms with van der Waals surface area (Å²) in [5.41, 5.74) is 0.920. The molecule has 3 rings (SSSR count). The number of hydrogen-bond donors (Lipinski definition) is 0. The number of alkyl halides is 1. The molecule has 1 saturated heterocycles. The predicted molar refractivity (Wildman–Crippen MR) is 85.0 cm³/mol. The molecule has 2 heterocycles. The summed E-state index contributed by atoms with van der Waals surface area (Å²) in [6.07, 6.45) is 0.603. The van der Waals surface area contributed by atoms with E-state index in [0.29, 0.717) is 18.9 Å². The molecule has 0 spiro atoms. The summed E-state index contributed by atoms with van der Waals surface area (Å²) in [6.45, 7) is 3.36. The van der Waals surface area contributed by atoms with Crippen molar-refractivity contribution in [2.24, 2.45) is 5.92 Å². The summed E-state index contributed by atoms with van der Waals surface area (Å²) in [5, 5.41) is 1.65. The Bertz CT molecular complexity index is 643. The molecule has 0 aliphatic carbocycles. The minimum Gasteiger partial charge on any atom is -0.494 e. The average Bonchev–Trinajstić information content (AvgIpc) is 3.01. The van der Waals surface area contributed by atoms with Gasteiger partial charge in [0.1, 0.15) is 5.75 Å². The van der Waals surface area contributed by atoms with Crippen LogP contribution in [0, 0.1) is 5.92 Å². The molecule has 1 aliphatic heterocycles. The van der Waals surface area contributed by atoms with E-state index in [1.807, 2.05) is 25.1 Å². The van der Waals surface area contributed by atoms with Crippen molar-refractivity contribution in [3.05, 3.63) is 18.2 Å². The van der Waals surface area contributed by atoms with Gasteiger partial charge >= 0.3 is 0 Å². The van der Waals surface area contributed by atoms with Gasteiger partial charge in [-0.2, -0.15) is 0 Å². The monoisotopic (exact) mass is 354 g/mol. The van der Waals surface area contributed by atoms with Crippen LogP contribution in [0.1, 0.15) is 13.3 Å². The first-order valence-electron chi connectivity index (χ1n) is 6.61. The highest BCUT2D eigenvalue weighted by Gasteiger charge is 2.31. The lowest BCUT2D eigenvalue weighted by Gasteiger charge is -2.11. The Morgan fingerprint density at radius 2 is 2.40 bits per heavy atom. The molecule has 1 fully saturated rings. The molecule has 0 saturated carbocycles. The first kappa shape index (κ1) is 13.8. The Kier molecular flexibility index (Phi) is 3.94. The normalized spacial score (nSPS) is 19.0. The summed E-state index contributed by atoms with van der Waals surface area (Å²) >= 11 is 5.00. The maximum atomic E-state index is 12.0. The van der Waals surface area contributed by atoms with E-state index in [2.05, 4.69) is 20.9 Å². The maximum Gasteiger partial charge on any atom is 0.229 e. The number of anilines is 1. The molecule has 1 aliphatic rings. The van der Waals surface area contributed by atoms with Gasteiger partial charge in [0.25, 0.3) is 0 Å². The molecule has 0 radical (unpaired) electrons. The van der Waals surface area contributed by atoms with E-state index in [1.54, 1.807) is 16.2 Å². The van der Waals surface area contributed by atoms with Crippen LogP contribution in [0.3, 0.4) is 0 Å². The highest BCUT2D eigenvalue weighted by atomic mass is 79.9. The van der Waals surface area contributed by atoms with Gasteiger partial charge in [-0.15, -0.1) is 0 Å². The quantitative estimate of drug-likeness (QED) is 0.789. The molecule has 1 amide bonds. The van der Waals surface area contributed by atoms with Gasteiger partial charge in [-0.05, 0) is 31.0 Å². The zero-order valence-corrected chi connectivity index (χ0v) is 13.5. The number of benzene rings is 1. The number of rotatable bonds is 4. The number of fused-ring (bicyclic) bond motifs is 1. The molecule has 6 heteroatoms. The summed E-state index contributed by atoms with van der Waals surface area (Å²) < 4.78 is 6.55. The second kappa shape index (κ2) is 5.69. The minimum atomic E-state index is 0.165. The molecule has 1 aromatic carbocycles. The van der Waals surface area contributed by atoms with Crippen molar-refractivity contribution < 1.29 is 9.53 Å². The van der Waals surface area contributed by atoms with Gasteiger partial charge in [-0.3, -0.25) is 9.69 Å². The molecule has 106 valence electrons. The third kappa shape index (κ3) is 2.54. The number of nitrogens with zero attached hydrogens (tertiary/aromatic N) is 2. The summed E-state index contributed by atoms with van der Waals surface area (Å²) in [6, 6.07) is 5.85. The molecular formula is C14H15BrN2O2S. The zero-order valence-electron chi connectivity index (χ0n) is 11.1. The molecule has 2 aromatic rings. The van der Waals surface area contributed by atoms with Crippen LogP contribution in [-0.4, -0.2) is 29.4 Å². The third-order valence-electron chi connectivity index (χ3n) is 3.31. The number of halogens is 1. The van der Waals surface area contributed by atoms with Crippen molar-refractivity contribution >= 4 is 48.5 Å². The van der Waals surface area contributed by atoms with Crippen molar-refractivity contribution in [3.8, 4) is 5.75 Å². The van der Waals surface area contributed by atoms with Crippen molar-refractivity contribution in [1.82, 2.24) is 4.98 Å². The summed E-state index contributed by atoms with van der Waals surface area (Å²) in [4.78, 5) is 18.4. The fourth-order valence-corrected chi connectivity index (χ4v) is 3.79.